The molecular formula is C7H14BrNO2. The summed E-state index contributed by atoms with van der Waals surface area (Å²) in [5.74, 6) is -0.376. The molecule has 0 aromatic heterocycles. The van der Waals surface area contributed by atoms with Crippen LogP contribution in [0.1, 0.15) is 12.8 Å². The zero-order valence-electron chi connectivity index (χ0n) is 6.51. The molecule has 0 aromatic rings. The van der Waals surface area contributed by atoms with Crippen LogP contribution in [0.5, 0.6) is 0 Å². The number of alkyl halides is 1. The predicted molar refractivity (Wildman–Crippen MR) is 46.7 cm³/mol. The molecule has 1 heterocycles. The van der Waals surface area contributed by atoms with Crippen LogP contribution in [-0.2, 0) is 9.47 Å². The predicted octanol–water partition coefficient (Wildman–Crippen LogP) is 0.863. The summed E-state index contributed by atoms with van der Waals surface area (Å²) in [7, 11) is 0. The monoisotopic (exact) mass is 223 g/mol. The lowest BCUT2D eigenvalue weighted by atomic mass is 10.2. The molecule has 0 spiro atoms. The second kappa shape index (κ2) is 4.40. The molecule has 66 valence electrons. The minimum absolute atomic E-state index is 0.376. The maximum absolute atomic E-state index is 5.47. The minimum atomic E-state index is -0.376. The Morgan fingerprint density at radius 1 is 1.36 bits per heavy atom. The Hall–Kier alpha value is 0.360. The fraction of sp³-hybridized carbons (Fsp3) is 1.00. The summed E-state index contributed by atoms with van der Waals surface area (Å²) >= 11 is 3.37. The highest BCUT2D eigenvalue weighted by Gasteiger charge is 2.34. The SMILES string of the molecule is NCCCC1(CBr)OCCO1. The van der Waals surface area contributed by atoms with E-state index in [1.807, 2.05) is 0 Å². The van der Waals surface area contributed by atoms with Crippen LogP contribution in [0, 0.1) is 0 Å². The molecule has 2 N–H and O–H groups in total. The van der Waals surface area contributed by atoms with Crippen LogP contribution in [0.4, 0.5) is 0 Å². The van der Waals surface area contributed by atoms with Crippen molar-refractivity contribution in [3.05, 3.63) is 0 Å². The number of hydrogen-bond acceptors (Lipinski definition) is 3. The summed E-state index contributed by atoms with van der Waals surface area (Å²) in [6.07, 6.45) is 1.83. The molecule has 1 saturated heterocycles. The van der Waals surface area contributed by atoms with Gasteiger partial charge in [0.2, 0.25) is 0 Å². The summed E-state index contributed by atoms with van der Waals surface area (Å²) in [4.78, 5) is 0. The van der Waals surface area contributed by atoms with Crippen molar-refractivity contribution in [1.82, 2.24) is 0 Å². The van der Waals surface area contributed by atoms with Gasteiger partial charge in [-0.1, -0.05) is 15.9 Å². The van der Waals surface area contributed by atoms with E-state index >= 15 is 0 Å². The molecule has 1 aliphatic rings. The van der Waals surface area contributed by atoms with E-state index in [-0.39, 0.29) is 5.79 Å². The fourth-order valence-corrected chi connectivity index (χ4v) is 1.76. The number of rotatable bonds is 4. The quantitative estimate of drug-likeness (QED) is 0.720. The molecule has 0 bridgehead atoms. The van der Waals surface area contributed by atoms with Crippen LogP contribution in [0.15, 0.2) is 0 Å². The van der Waals surface area contributed by atoms with Crippen LogP contribution in [0.2, 0.25) is 0 Å². The van der Waals surface area contributed by atoms with Crippen molar-refractivity contribution in [1.29, 1.82) is 0 Å². The zero-order chi connectivity index (χ0) is 8.16. The largest absolute Gasteiger partial charge is 0.347 e. The van der Waals surface area contributed by atoms with Crippen LogP contribution in [0.3, 0.4) is 0 Å². The highest BCUT2D eigenvalue weighted by molar-refractivity contribution is 9.09. The standard InChI is InChI=1S/C7H14BrNO2/c8-6-7(2-1-3-9)10-4-5-11-7/h1-6,9H2. The Morgan fingerprint density at radius 2 is 2.00 bits per heavy atom. The van der Waals surface area contributed by atoms with Crippen molar-refractivity contribution in [3.63, 3.8) is 0 Å². The van der Waals surface area contributed by atoms with E-state index in [1.165, 1.54) is 0 Å². The number of nitrogens with two attached hydrogens (primary N) is 1. The Labute approximate surface area is 75.4 Å². The van der Waals surface area contributed by atoms with E-state index in [9.17, 15) is 0 Å². The first-order valence-corrected chi connectivity index (χ1v) is 4.99. The van der Waals surface area contributed by atoms with Crippen molar-refractivity contribution >= 4 is 15.9 Å². The van der Waals surface area contributed by atoms with E-state index in [1.54, 1.807) is 0 Å². The van der Waals surface area contributed by atoms with Gasteiger partial charge in [0.15, 0.2) is 5.79 Å². The third kappa shape index (κ3) is 2.40. The second-order valence-electron chi connectivity index (χ2n) is 2.63. The van der Waals surface area contributed by atoms with Gasteiger partial charge >= 0.3 is 0 Å². The second-order valence-corrected chi connectivity index (χ2v) is 3.19. The molecule has 11 heavy (non-hydrogen) atoms. The van der Waals surface area contributed by atoms with Gasteiger partial charge in [0.05, 0.1) is 18.5 Å². The summed E-state index contributed by atoms with van der Waals surface area (Å²) in [6, 6.07) is 0. The Balaban J connectivity index is 2.33. The zero-order valence-corrected chi connectivity index (χ0v) is 8.10. The summed E-state index contributed by atoms with van der Waals surface area (Å²) in [5.41, 5.74) is 5.39. The molecule has 0 saturated carbocycles. The van der Waals surface area contributed by atoms with Gasteiger partial charge in [0.25, 0.3) is 0 Å². The van der Waals surface area contributed by atoms with Gasteiger partial charge in [-0.25, -0.2) is 0 Å². The molecule has 1 fully saturated rings. The van der Waals surface area contributed by atoms with E-state index in [0.29, 0.717) is 19.8 Å². The third-order valence-electron chi connectivity index (χ3n) is 1.78. The lowest BCUT2D eigenvalue weighted by Crippen LogP contribution is -2.32. The molecule has 1 aliphatic heterocycles. The fourth-order valence-electron chi connectivity index (χ4n) is 1.16. The molecule has 1 rings (SSSR count). The molecule has 4 heteroatoms. The number of hydrogen-bond donors (Lipinski definition) is 1. The lowest BCUT2D eigenvalue weighted by molar-refractivity contribution is -0.141. The first-order chi connectivity index (χ1) is 5.33. The van der Waals surface area contributed by atoms with Crippen LogP contribution < -0.4 is 5.73 Å². The number of ether oxygens (including phenoxy) is 2. The smallest absolute Gasteiger partial charge is 0.178 e. The lowest BCUT2D eigenvalue weighted by Gasteiger charge is -2.24. The van der Waals surface area contributed by atoms with Crippen molar-refractivity contribution in [2.45, 2.75) is 18.6 Å². The first kappa shape index (κ1) is 9.45. The number of halogens is 1. The molecule has 0 unspecified atom stereocenters. The topological polar surface area (TPSA) is 44.5 Å². The first-order valence-electron chi connectivity index (χ1n) is 3.87. The third-order valence-corrected chi connectivity index (χ3v) is 2.63. The molecular weight excluding hydrogens is 210 g/mol. The van der Waals surface area contributed by atoms with Crippen LogP contribution in [0.25, 0.3) is 0 Å². The molecule has 0 atom stereocenters. The van der Waals surface area contributed by atoms with Gasteiger partial charge in [0.1, 0.15) is 0 Å². The molecule has 3 nitrogen and oxygen atoms in total. The van der Waals surface area contributed by atoms with Gasteiger partial charge < -0.3 is 15.2 Å². The van der Waals surface area contributed by atoms with Crippen molar-refractivity contribution in [2.24, 2.45) is 5.73 Å². The molecule has 0 radical (unpaired) electrons. The van der Waals surface area contributed by atoms with Gasteiger partial charge in [0, 0.05) is 6.42 Å². The Bertz CT molecular complexity index is 115. The van der Waals surface area contributed by atoms with Crippen molar-refractivity contribution < 1.29 is 9.47 Å². The van der Waals surface area contributed by atoms with Crippen LogP contribution >= 0.6 is 15.9 Å². The average Bonchev–Trinajstić information content (AvgIpc) is 2.50. The average molecular weight is 224 g/mol. The van der Waals surface area contributed by atoms with Gasteiger partial charge in [-0.05, 0) is 13.0 Å². The summed E-state index contributed by atoms with van der Waals surface area (Å²) in [5, 5.41) is 0.736. The van der Waals surface area contributed by atoms with E-state index in [4.69, 9.17) is 15.2 Å². The Morgan fingerprint density at radius 3 is 2.45 bits per heavy atom. The highest BCUT2D eigenvalue weighted by Crippen LogP contribution is 2.26. The summed E-state index contributed by atoms with van der Waals surface area (Å²) in [6.45, 7) is 2.10. The minimum Gasteiger partial charge on any atom is -0.347 e. The van der Waals surface area contributed by atoms with E-state index < -0.39 is 0 Å². The van der Waals surface area contributed by atoms with Gasteiger partial charge in [-0.3, -0.25) is 0 Å². The molecule has 0 amide bonds. The normalized spacial score (nSPS) is 22.4. The van der Waals surface area contributed by atoms with E-state index in [0.717, 1.165) is 18.2 Å². The molecule has 0 aliphatic carbocycles. The van der Waals surface area contributed by atoms with Gasteiger partial charge in [-0.2, -0.15) is 0 Å². The maximum Gasteiger partial charge on any atom is 0.178 e. The van der Waals surface area contributed by atoms with Crippen molar-refractivity contribution in [2.75, 3.05) is 25.1 Å². The Kier molecular flexibility index (Phi) is 3.78. The summed E-state index contributed by atoms with van der Waals surface area (Å²) < 4.78 is 10.9. The van der Waals surface area contributed by atoms with Crippen molar-refractivity contribution in [3.8, 4) is 0 Å². The molecule has 0 aromatic carbocycles. The van der Waals surface area contributed by atoms with Crippen LogP contribution in [-0.4, -0.2) is 30.9 Å². The van der Waals surface area contributed by atoms with E-state index in [2.05, 4.69) is 15.9 Å². The maximum atomic E-state index is 5.47. The van der Waals surface area contributed by atoms with Gasteiger partial charge in [-0.15, -0.1) is 0 Å². The highest BCUT2D eigenvalue weighted by atomic mass is 79.9.